The molecule has 40 valence electrons. The molecule has 0 amide bonds. The summed E-state index contributed by atoms with van der Waals surface area (Å²) in [7, 11) is 1.64. The third kappa shape index (κ3) is 5.99. The second kappa shape index (κ2) is 4.16. The van der Waals surface area contributed by atoms with E-state index in [0.717, 1.165) is 20.8 Å². The fourth-order valence-electron chi connectivity index (χ4n) is 0.170. The fraction of sp³-hybridized carbons (Fsp3) is 0. The highest BCUT2D eigenvalue weighted by molar-refractivity contribution is 6.52. The normalized spacial score (nSPS) is 11.0. The number of hydrogen-bond donors (Lipinski definition) is 0. The van der Waals surface area contributed by atoms with E-state index in [-0.39, 0.29) is 0 Å². The van der Waals surface area contributed by atoms with Crippen LogP contribution in [0.1, 0.15) is 0 Å². The predicted molar refractivity (Wildman–Crippen MR) is 38.4 cm³/mol. The van der Waals surface area contributed by atoms with Gasteiger partial charge in [0.2, 0.25) is 15.9 Å². The summed E-state index contributed by atoms with van der Waals surface area (Å²) in [5.74, 6) is 0. The fourth-order valence-corrected chi connectivity index (χ4v) is 1.36. The Morgan fingerprint density at radius 3 is 2.43 bits per heavy atom. The van der Waals surface area contributed by atoms with E-state index in [1.54, 1.807) is 0 Å². The van der Waals surface area contributed by atoms with Crippen LogP contribution in [-0.2, 0) is 4.79 Å². The van der Waals surface area contributed by atoms with Gasteiger partial charge in [0.15, 0.2) is 0 Å². The van der Waals surface area contributed by atoms with E-state index >= 15 is 0 Å². The molecule has 0 aromatic carbocycles. The van der Waals surface area contributed by atoms with Gasteiger partial charge >= 0.3 is 0 Å². The van der Waals surface area contributed by atoms with Crippen LogP contribution in [0.4, 0.5) is 0 Å². The average Bonchev–Trinajstić information content (AvgIpc) is 1.61. The number of carbonyl (C=O) groups excluding carboxylic acids is 1. The summed E-state index contributed by atoms with van der Waals surface area (Å²) in [4.78, 5) is 9.46. The molecule has 0 unspecified atom stereocenters. The Labute approximate surface area is 50.8 Å². The minimum Gasteiger partial charge on any atom is -0.369 e. The Hall–Kier alpha value is -0.00935. The lowest BCUT2D eigenvalue weighted by Gasteiger charge is -1.99. The molecule has 0 aromatic heterocycles. The molecule has 0 N–H and O–H groups in total. The van der Waals surface area contributed by atoms with Crippen LogP contribution in [0.3, 0.4) is 0 Å². The highest BCUT2D eigenvalue weighted by Gasteiger charge is 1.81. The largest absolute Gasteiger partial charge is 0.369 e. The van der Waals surface area contributed by atoms with Crippen LogP contribution in [0.25, 0.3) is 0 Å². The van der Waals surface area contributed by atoms with E-state index in [9.17, 15) is 4.79 Å². The van der Waals surface area contributed by atoms with Crippen molar-refractivity contribution in [2.24, 2.45) is 4.66 Å². The van der Waals surface area contributed by atoms with E-state index in [1.165, 1.54) is 6.08 Å². The molecule has 0 radical (unpaired) electrons. The molecular weight excluding hydrogens is 140 g/mol. The molecule has 7 heavy (non-hydrogen) atoms. The van der Waals surface area contributed by atoms with Crippen molar-refractivity contribution >= 4 is 36.7 Å². The van der Waals surface area contributed by atoms with Crippen LogP contribution in [0.5, 0.6) is 0 Å². The molecule has 0 aromatic rings. The van der Waals surface area contributed by atoms with E-state index in [4.69, 9.17) is 0 Å². The Morgan fingerprint density at radius 1 is 1.71 bits per heavy atom. The summed E-state index contributed by atoms with van der Waals surface area (Å²) < 4.78 is 5.70. The minimum absolute atomic E-state index is 0.496. The third-order valence-corrected chi connectivity index (χ3v) is 2.95. The van der Waals surface area contributed by atoms with Crippen molar-refractivity contribution < 1.29 is 4.79 Å². The van der Waals surface area contributed by atoms with Crippen molar-refractivity contribution in [3.8, 4) is 0 Å². The van der Waals surface area contributed by atoms with Crippen molar-refractivity contribution in [1.29, 1.82) is 0 Å². The number of nitrogens with zero attached hydrogens (tertiary/aromatic N) is 2. The molecule has 0 rings (SSSR count). The highest BCUT2D eigenvalue weighted by atomic mass is 28.3. The molecule has 0 aliphatic heterocycles. The van der Waals surface area contributed by atoms with Gasteiger partial charge < -0.3 is 3.90 Å². The number of hydrogen-bond acceptors (Lipinski definition) is 3. The van der Waals surface area contributed by atoms with Gasteiger partial charge in [-0.2, -0.15) is 0 Å². The molecule has 0 bridgehead atoms. The predicted octanol–water partition coefficient (Wildman–Crippen LogP) is -3.82. The zero-order valence-corrected chi connectivity index (χ0v) is 9.92. The lowest BCUT2D eigenvalue weighted by molar-refractivity contribution is 0.566. The van der Waals surface area contributed by atoms with Gasteiger partial charge in [-0.25, -0.2) is 9.45 Å². The molecule has 3 nitrogen and oxygen atoms in total. The number of rotatable bonds is 2. The molecule has 0 spiro atoms. The van der Waals surface area contributed by atoms with Crippen LogP contribution in [-0.4, -0.2) is 40.6 Å². The summed E-state index contributed by atoms with van der Waals surface area (Å²) >= 11 is 0. The highest BCUT2D eigenvalue weighted by Crippen LogP contribution is 1.61. The van der Waals surface area contributed by atoms with Gasteiger partial charge in [0.25, 0.3) is 0 Å². The van der Waals surface area contributed by atoms with Gasteiger partial charge in [-0.1, -0.05) is 0 Å². The van der Waals surface area contributed by atoms with Crippen molar-refractivity contribution in [1.82, 2.24) is 3.90 Å². The van der Waals surface area contributed by atoms with Gasteiger partial charge in [0, 0.05) is 0 Å². The SMILES string of the molecule is O=C=N[SiH2]N([SiH3])[SiH3]. The average molecular weight is 148 g/mol. The molecule has 0 saturated heterocycles. The third-order valence-electron chi connectivity index (χ3n) is 0.418. The van der Waals surface area contributed by atoms with Gasteiger partial charge in [0.05, 0.1) is 20.8 Å². The molecule has 6 heteroatoms. The first kappa shape index (κ1) is 6.99. The van der Waals surface area contributed by atoms with Gasteiger partial charge in [-0.15, -0.1) is 0 Å². The first-order chi connectivity index (χ1) is 3.27. The van der Waals surface area contributed by atoms with E-state index in [2.05, 4.69) is 8.55 Å². The van der Waals surface area contributed by atoms with Gasteiger partial charge in [-0.05, 0) is 0 Å². The lowest BCUT2D eigenvalue weighted by Crippen LogP contribution is -2.18. The van der Waals surface area contributed by atoms with Crippen molar-refractivity contribution in [3.05, 3.63) is 0 Å². The van der Waals surface area contributed by atoms with Gasteiger partial charge in [0.1, 0.15) is 0 Å². The Bertz CT molecular complexity index is 86.9. The summed E-state index contributed by atoms with van der Waals surface area (Å²) in [6, 6.07) is 0. The summed E-state index contributed by atoms with van der Waals surface area (Å²) in [5, 5.41) is 0. The summed E-state index contributed by atoms with van der Waals surface area (Å²) in [5.41, 5.74) is 0. The minimum atomic E-state index is -0.496. The summed E-state index contributed by atoms with van der Waals surface area (Å²) in [6.07, 6.45) is 1.54. The van der Waals surface area contributed by atoms with E-state index in [1.807, 2.05) is 0 Å². The zero-order chi connectivity index (χ0) is 5.70. The van der Waals surface area contributed by atoms with Crippen LogP contribution < -0.4 is 0 Å². The zero-order valence-electron chi connectivity index (χ0n) is 4.51. The smallest absolute Gasteiger partial charge is 0.226 e. The molecular formula is CH8N2OSi3. The quantitative estimate of drug-likeness (QED) is 0.228. The van der Waals surface area contributed by atoms with E-state index < -0.39 is 9.84 Å². The molecule has 0 heterocycles. The first-order valence-electron chi connectivity index (χ1n) is 1.95. The first-order valence-corrected chi connectivity index (χ1v) is 5.01. The topological polar surface area (TPSA) is 32.7 Å². The van der Waals surface area contributed by atoms with Crippen molar-refractivity contribution in [2.45, 2.75) is 0 Å². The van der Waals surface area contributed by atoms with Crippen LogP contribution in [0, 0.1) is 0 Å². The van der Waals surface area contributed by atoms with Crippen molar-refractivity contribution in [2.75, 3.05) is 0 Å². The maximum Gasteiger partial charge on any atom is 0.226 e. The Kier molecular flexibility index (Phi) is 4.15. The standard InChI is InChI=1S/CH8N2OSi3/c4-1-2-7-3(5)6/h7H2,5-6H3. The monoisotopic (exact) mass is 148 g/mol. The van der Waals surface area contributed by atoms with Gasteiger partial charge in [-0.3, -0.25) is 0 Å². The van der Waals surface area contributed by atoms with Crippen LogP contribution in [0.2, 0.25) is 0 Å². The Morgan fingerprint density at radius 2 is 2.29 bits per heavy atom. The second-order valence-electron chi connectivity index (χ2n) is 1.47. The van der Waals surface area contributed by atoms with Crippen LogP contribution in [0.15, 0.2) is 4.66 Å². The second-order valence-corrected chi connectivity index (χ2v) is 10.7. The van der Waals surface area contributed by atoms with Crippen LogP contribution >= 0.6 is 0 Å². The molecule has 0 saturated carbocycles. The summed E-state index contributed by atoms with van der Waals surface area (Å²) in [6.45, 7) is 0. The Balaban J connectivity index is 3.13. The maximum absolute atomic E-state index is 9.46. The van der Waals surface area contributed by atoms with E-state index in [0.29, 0.717) is 0 Å². The number of isocyanates is 1. The molecule has 0 atom stereocenters. The van der Waals surface area contributed by atoms with Crippen molar-refractivity contribution in [3.63, 3.8) is 0 Å². The maximum atomic E-state index is 9.46. The lowest BCUT2D eigenvalue weighted by atomic mass is 11.7. The molecule has 0 aliphatic rings. The molecule has 0 fully saturated rings. The molecule has 0 aliphatic carbocycles.